The van der Waals surface area contributed by atoms with Crippen molar-refractivity contribution in [2.45, 2.75) is 38.5 Å². The Morgan fingerprint density at radius 1 is 1.21 bits per heavy atom. The first-order chi connectivity index (χ1) is 13.6. The van der Waals surface area contributed by atoms with Gasteiger partial charge in [-0.1, -0.05) is 24.3 Å². The third kappa shape index (κ3) is 8.20. The number of carbonyl (C=O) groups is 3. The summed E-state index contributed by atoms with van der Waals surface area (Å²) in [6.07, 6.45) is -1.77. The van der Waals surface area contributed by atoms with E-state index < -0.39 is 31.8 Å². The van der Waals surface area contributed by atoms with Crippen molar-refractivity contribution in [2.24, 2.45) is 0 Å². The Morgan fingerprint density at radius 2 is 1.86 bits per heavy atom. The van der Waals surface area contributed by atoms with E-state index in [2.05, 4.69) is 5.32 Å². The highest BCUT2D eigenvalue weighted by Crippen LogP contribution is 2.34. The number of ether oxygens (including phenoxy) is 1. The van der Waals surface area contributed by atoms with Crippen molar-refractivity contribution < 1.29 is 43.4 Å². The van der Waals surface area contributed by atoms with Gasteiger partial charge in [-0.2, -0.15) is 0 Å². The largest absolute Gasteiger partial charge is 0.445 e. The Morgan fingerprint density at radius 3 is 2.45 bits per heavy atom. The molecule has 1 fully saturated rings. The molecule has 0 aliphatic carbocycles. The van der Waals surface area contributed by atoms with Gasteiger partial charge in [-0.3, -0.25) is 9.36 Å². The molecule has 0 aromatic heterocycles. The molecule has 29 heavy (non-hydrogen) atoms. The molecule has 1 atom stereocenters. The predicted octanol–water partition coefficient (Wildman–Crippen LogP) is 0.422. The summed E-state index contributed by atoms with van der Waals surface area (Å²) >= 11 is 0. The zero-order valence-electron chi connectivity index (χ0n) is 15.5. The normalized spacial score (nSPS) is 16.6. The van der Waals surface area contributed by atoms with Gasteiger partial charge in [-0.05, 0) is 17.5 Å². The first-order valence-corrected chi connectivity index (χ1v) is 10.7. The molecule has 1 heterocycles. The van der Waals surface area contributed by atoms with Crippen LogP contribution >= 0.6 is 7.60 Å². The van der Waals surface area contributed by atoms with E-state index in [4.69, 9.17) is 19.4 Å². The van der Waals surface area contributed by atoms with Crippen molar-refractivity contribution >= 4 is 25.6 Å². The molecule has 2 amide bonds. The lowest BCUT2D eigenvalue weighted by Crippen LogP contribution is -2.35. The second-order valence-corrected chi connectivity index (χ2v) is 8.22. The minimum Gasteiger partial charge on any atom is -0.445 e. The number of aliphatic hydroxyl groups excluding tert-OH is 1. The molecule has 12 heteroatoms. The van der Waals surface area contributed by atoms with Gasteiger partial charge >= 0.3 is 19.7 Å². The first kappa shape index (κ1) is 22.8. The van der Waals surface area contributed by atoms with E-state index in [-0.39, 0.29) is 45.0 Å². The fraction of sp³-hybridized carbons (Fsp3) is 0.471. The standard InChI is InChI=1S/C17H23N2O9P/c20-14-6-7-15(21)19(14)28-16(22)10-12-2-4-13(5-3-12)11-27-17(23)18-8-1-9-29(24,25)26/h2-5,14,20H,1,6-11H2,(H,18,23)(H2,24,25,26). The molecule has 0 radical (unpaired) electrons. The van der Waals surface area contributed by atoms with Gasteiger partial charge in [-0.25, -0.2) is 9.59 Å². The van der Waals surface area contributed by atoms with Crippen LogP contribution in [0.4, 0.5) is 4.79 Å². The number of nitrogens with zero attached hydrogens (tertiary/aromatic N) is 1. The highest BCUT2D eigenvalue weighted by molar-refractivity contribution is 7.51. The quantitative estimate of drug-likeness (QED) is 0.321. The maximum absolute atomic E-state index is 11.9. The number of nitrogens with one attached hydrogen (secondary N) is 1. The smallest absolute Gasteiger partial charge is 0.407 e. The van der Waals surface area contributed by atoms with Crippen molar-refractivity contribution in [3.63, 3.8) is 0 Å². The van der Waals surface area contributed by atoms with Crippen molar-refractivity contribution in [1.29, 1.82) is 0 Å². The van der Waals surface area contributed by atoms with E-state index in [0.717, 1.165) is 0 Å². The van der Waals surface area contributed by atoms with Gasteiger partial charge in [0.1, 0.15) is 6.61 Å². The van der Waals surface area contributed by atoms with Crippen LogP contribution in [0.15, 0.2) is 24.3 Å². The maximum atomic E-state index is 11.9. The summed E-state index contributed by atoms with van der Waals surface area (Å²) in [6, 6.07) is 6.58. The lowest BCUT2D eigenvalue weighted by molar-refractivity contribution is -0.220. The van der Waals surface area contributed by atoms with Crippen molar-refractivity contribution in [2.75, 3.05) is 12.7 Å². The molecular weight excluding hydrogens is 407 g/mol. The molecule has 1 aromatic carbocycles. The number of alkyl carbamates (subject to hydrolysis) is 1. The Hall–Kier alpha value is -2.46. The molecule has 1 saturated heterocycles. The predicted molar refractivity (Wildman–Crippen MR) is 98.0 cm³/mol. The average molecular weight is 430 g/mol. The Kier molecular flexibility index (Phi) is 8.15. The van der Waals surface area contributed by atoms with Gasteiger partial charge in [0, 0.05) is 19.4 Å². The minimum absolute atomic E-state index is 0.0243. The Bertz CT molecular complexity index is 778. The first-order valence-electron chi connectivity index (χ1n) is 8.88. The summed E-state index contributed by atoms with van der Waals surface area (Å²) in [4.78, 5) is 57.2. The van der Waals surface area contributed by atoms with E-state index in [1.807, 2.05) is 0 Å². The molecule has 0 saturated carbocycles. The Labute approximate surface area is 166 Å². The lowest BCUT2D eigenvalue weighted by Gasteiger charge is -2.18. The van der Waals surface area contributed by atoms with E-state index in [1.54, 1.807) is 24.3 Å². The second kappa shape index (κ2) is 10.4. The molecule has 1 aliphatic rings. The number of hydroxylamine groups is 2. The van der Waals surface area contributed by atoms with Gasteiger partial charge in [0.15, 0.2) is 6.23 Å². The van der Waals surface area contributed by atoms with Crippen LogP contribution < -0.4 is 5.32 Å². The van der Waals surface area contributed by atoms with E-state index in [9.17, 15) is 24.1 Å². The number of hydrogen-bond acceptors (Lipinski definition) is 7. The number of benzene rings is 1. The number of aliphatic hydroxyl groups is 1. The molecule has 160 valence electrons. The summed E-state index contributed by atoms with van der Waals surface area (Å²) in [6.45, 7) is 0.0583. The van der Waals surface area contributed by atoms with Crippen LogP contribution in [0.25, 0.3) is 0 Å². The minimum atomic E-state index is -4.08. The molecule has 2 rings (SSSR count). The zero-order chi connectivity index (χ0) is 21.4. The number of rotatable bonds is 9. The monoisotopic (exact) mass is 430 g/mol. The Balaban J connectivity index is 1.70. The molecule has 11 nitrogen and oxygen atoms in total. The van der Waals surface area contributed by atoms with Crippen LogP contribution in [-0.2, 0) is 36.8 Å². The molecule has 1 aliphatic heterocycles. The third-order valence-corrected chi connectivity index (χ3v) is 4.87. The zero-order valence-corrected chi connectivity index (χ0v) is 16.4. The van der Waals surface area contributed by atoms with Crippen molar-refractivity contribution in [3.05, 3.63) is 35.4 Å². The number of carbonyl (C=O) groups excluding carboxylic acids is 3. The summed E-state index contributed by atoms with van der Waals surface area (Å²) in [5.41, 5.74) is 1.28. The van der Waals surface area contributed by atoms with Crippen LogP contribution in [0, 0.1) is 0 Å². The molecular formula is C17H23N2O9P. The lowest BCUT2D eigenvalue weighted by atomic mass is 10.1. The SMILES string of the molecule is O=C(Cc1ccc(COC(=O)NCCCP(=O)(O)O)cc1)ON1C(=O)CCC1O. The third-order valence-electron chi connectivity index (χ3n) is 3.97. The van der Waals surface area contributed by atoms with Crippen LogP contribution in [0.1, 0.15) is 30.4 Å². The highest BCUT2D eigenvalue weighted by Gasteiger charge is 2.32. The van der Waals surface area contributed by atoms with Crippen molar-refractivity contribution in [1.82, 2.24) is 10.4 Å². The number of hydrogen-bond donors (Lipinski definition) is 4. The highest BCUT2D eigenvalue weighted by atomic mass is 31.2. The fourth-order valence-electron chi connectivity index (χ4n) is 2.50. The van der Waals surface area contributed by atoms with Gasteiger partial charge in [0.25, 0.3) is 5.91 Å². The van der Waals surface area contributed by atoms with E-state index in [1.165, 1.54) is 0 Å². The summed E-state index contributed by atoms with van der Waals surface area (Å²) in [5.74, 6) is -1.13. The van der Waals surface area contributed by atoms with Gasteiger partial charge in [0.2, 0.25) is 0 Å². The summed E-state index contributed by atoms with van der Waals surface area (Å²) in [7, 11) is -4.08. The van der Waals surface area contributed by atoms with Crippen LogP contribution in [0.5, 0.6) is 0 Å². The van der Waals surface area contributed by atoms with Crippen LogP contribution in [0.2, 0.25) is 0 Å². The topological polar surface area (TPSA) is 163 Å². The molecule has 4 N–H and O–H groups in total. The summed E-state index contributed by atoms with van der Waals surface area (Å²) < 4.78 is 15.7. The van der Waals surface area contributed by atoms with Crippen LogP contribution in [0.3, 0.4) is 0 Å². The van der Waals surface area contributed by atoms with Crippen LogP contribution in [-0.4, -0.2) is 56.9 Å². The molecule has 0 bridgehead atoms. The van der Waals surface area contributed by atoms with Gasteiger partial charge in [-0.15, -0.1) is 5.06 Å². The number of amides is 2. The molecule has 1 aromatic rings. The average Bonchev–Trinajstić information content (AvgIpc) is 2.96. The van der Waals surface area contributed by atoms with Gasteiger partial charge in [0.05, 0.1) is 12.6 Å². The molecule has 0 spiro atoms. The maximum Gasteiger partial charge on any atom is 0.407 e. The second-order valence-electron chi connectivity index (χ2n) is 6.44. The molecule has 1 unspecified atom stereocenters. The van der Waals surface area contributed by atoms with E-state index >= 15 is 0 Å². The summed E-state index contributed by atoms with van der Waals surface area (Å²) in [5, 5.41) is 12.6. The van der Waals surface area contributed by atoms with Gasteiger partial charge < -0.3 is 29.8 Å². The van der Waals surface area contributed by atoms with E-state index in [0.29, 0.717) is 16.2 Å². The van der Waals surface area contributed by atoms with Crippen molar-refractivity contribution in [3.8, 4) is 0 Å². The fourth-order valence-corrected chi connectivity index (χ4v) is 3.07.